The molecule has 0 aliphatic heterocycles. The first-order valence-corrected chi connectivity index (χ1v) is 6.57. The highest BCUT2D eigenvalue weighted by Crippen LogP contribution is 2.26. The van der Waals surface area contributed by atoms with Crippen molar-refractivity contribution in [3.8, 4) is 5.75 Å². The van der Waals surface area contributed by atoms with Crippen LogP contribution in [0.3, 0.4) is 0 Å². The predicted octanol–water partition coefficient (Wildman–Crippen LogP) is 4.48. The Bertz CT molecular complexity index is 599. The molecule has 2 aromatic rings. The summed E-state index contributed by atoms with van der Waals surface area (Å²) in [6.45, 7) is 0. The maximum Gasteiger partial charge on any atom is 0.573 e. The number of rotatable bonds is 4. The van der Waals surface area contributed by atoms with Crippen molar-refractivity contribution in [1.29, 1.82) is 0 Å². The molecule has 0 aromatic heterocycles. The molecule has 2 aromatic carbocycles. The van der Waals surface area contributed by atoms with Crippen LogP contribution >= 0.6 is 11.6 Å². The van der Waals surface area contributed by atoms with Crippen LogP contribution in [-0.4, -0.2) is 6.36 Å². The fraction of sp³-hybridized carbons (Fsp3) is 0.200. The van der Waals surface area contributed by atoms with Gasteiger partial charge >= 0.3 is 6.36 Å². The van der Waals surface area contributed by atoms with E-state index in [-0.39, 0.29) is 5.75 Å². The number of halogens is 4. The first kappa shape index (κ1) is 15.7. The summed E-state index contributed by atoms with van der Waals surface area (Å²) in [7, 11) is 0. The SMILES string of the molecule is NC(Cc1ccc(Cl)cc1)c1cccc(OC(F)(F)F)c1. The van der Waals surface area contributed by atoms with Gasteiger partial charge < -0.3 is 10.5 Å². The van der Waals surface area contributed by atoms with Gasteiger partial charge in [0.2, 0.25) is 0 Å². The summed E-state index contributed by atoms with van der Waals surface area (Å²) in [6, 6.07) is 12.4. The average Bonchev–Trinajstić information content (AvgIpc) is 2.40. The fourth-order valence-corrected chi connectivity index (χ4v) is 2.06. The van der Waals surface area contributed by atoms with Crippen LogP contribution in [0.2, 0.25) is 5.02 Å². The molecule has 0 heterocycles. The van der Waals surface area contributed by atoms with Crippen LogP contribution in [0.25, 0.3) is 0 Å². The molecule has 2 rings (SSSR count). The number of benzene rings is 2. The molecule has 0 aliphatic carbocycles. The fourth-order valence-electron chi connectivity index (χ4n) is 1.93. The van der Waals surface area contributed by atoms with Crippen LogP contribution in [0, 0.1) is 0 Å². The molecule has 2 N–H and O–H groups in total. The van der Waals surface area contributed by atoms with Gasteiger partial charge in [-0.25, -0.2) is 0 Å². The average molecular weight is 316 g/mol. The van der Waals surface area contributed by atoms with Crippen LogP contribution in [0.1, 0.15) is 17.2 Å². The number of hydrogen-bond donors (Lipinski definition) is 1. The van der Waals surface area contributed by atoms with Crippen molar-refractivity contribution in [3.63, 3.8) is 0 Å². The van der Waals surface area contributed by atoms with E-state index >= 15 is 0 Å². The molecule has 21 heavy (non-hydrogen) atoms. The van der Waals surface area contributed by atoms with E-state index in [0.29, 0.717) is 17.0 Å². The zero-order valence-corrected chi connectivity index (χ0v) is 11.7. The summed E-state index contributed by atoms with van der Waals surface area (Å²) < 4.78 is 40.5. The van der Waals surface area contributed by atoms with E-state index in [1.54, 1.807) is 18.2 Å². The first-order valence-electron chi connectivity index (χ1n) is 6.19. The normalized spacial score (nSPS) is 13.0. The second-order valence-corrected chi connectivity index (χ2v) is 4.99. The second-order valence-electron chi connectivity index (χ2n) is 4.56. The van der Waals surface area contributed by atoms with Gasteiger partial charge in [-0.2, -0.15) is 0 Å². The summed E-state index contributed by atoms with van der Waals surface area (Å²) in [5, 5.41) is 0.618. The second kappa shape index (κ2) is 6.37. The van der Waals surface area contributed by atoms with Crippen LogP contribution in [-0.2, 0) is 6.42 Å². The van der Waals surface area contributed by atoms with Crippen molar-refractivity contribution in [2.75, 3.05) is 0 Å². The molecule has 6 heteroatoms. The molecule has 0 radical (unpaired) electrons. The van der Waals surface area contributed by atoms with Crippen LogP contribution in [0.15, 0.2) is 48.5 Å². The molecule has 0 bridgehead atoms. The molecule has 2 nitrogen and oxygen atoms in total. The maximum absolute atomic E-state index is 12.2. The molecule has 112 valence electrons. The van der Waals surface area contributed by atoms with E-state index in [4.69, 9.17) is 17.3 Å². The van der Waals surface area contributed by atoms with Crippen LogP contribution < -0.4 is 10.5 Å². The Kier molecular flexibility index (Phi) is 4.75. The van der Waals surface area contributed by atoms with Gasteiger partial charge in [-0.3, -0.25) is 0 Å². The zero-order chi connectivity index (χ0) is 15.5. The molecule has 0 saturated heterocycles. The Balaban J connectivity index is 2.10. The van der Waals surface area contributed by atoms with Gasteiger partial charge in [-0.15, -0.1) is 13.2 Å². The lowest BCUT2D eigenvalue weighted by Gasteiger charge is -2.14. The summed E-state index contributed by atoms with van der Waals surface area (Å²) in [5.74, 6) is -0.272. The predicted molar refractivity (Wildman–Crippen MR) is 75.2 cm³/mol. The first-order chi connectivity index (χ1) is 9.83. The Labute approximate surface area is 125 Å². The topological polar surface area (TPSA) is 35.2 Å². The third-order valence-electron chi connectivity index (χ3n) is 2.89. The van der Waals surface area contributed by atoms with Crippen molar-refractivity contribution in [2.45, 2.75) is 18.8 Å². The van der Waals surface area contributed by atoms with Crippen LogP contribution in [0.4, 0.5) is 13.2 Å². The highest BCUT2D eigenvalue weighted by Gasteiger charge is 2.31. The monoisotopic (exact) mass is 315 g/mol. The lowest BCUT2D eigenvalue weighted by molar-refractivity contribution is -0.274. The standard InChI is InChI=1S/C15H13ClF3NO/c16-12-6-4-10(5-7-12)8-14(20)11-2-1-3-13(9-11)21-15(17,18)19/h1-7,9,14H,8,20H2. The number of alkyl halides is 3. The van der Waals surface area contributed by atoms with E-state index in [1.807, 2.05) is 12.1 Å². The summed E-state index contributed by atoms with van der Waals surface area (Å²) in [4.78, 5) is 0. The van der Waals surface area contributed by atoms with E-state index < -0.39 is 12.4 Å². The molecule has 0 amide bonds. The van der Waals surface area contributed by atoms with Gasteiger partial charge in [-0.1, -0.05) is 35.9 Å². The lowest BCUT2D eigenvalue weighted by atomic mass is 9.99. The van der Waals surface area contributed by atoms with E-state index in [2.05, 4.69) is 4.74 Å². The minimum absolute atomic E-state index is 0.272. The molecule has 0 spiro atoms. The Morgan fingerprint density at radius 3 is 2.38 bits per heavy atom. The van der Waals surface area contributed by atoms with Gasteiger partial charge in [0.15, 0.2) is 0 Å². The molecule has 1 unspecified atom stereocenters. The molecular weight excluding hydrogens is 303 g/mol. The smallest absolute Gasteiger partial charge is 0.406 e. The van der Waals surface area contributed by atoms with Gasteiger partial charge in [0.25, 0.3) is 0 Å². The maximum atomic E-state index is 12.2. The number of ether oxygens (including phenoxy) is 1. The van der Waals surface area contributed by atoms with E-state index in [9.17, 15) is 13.2 Å². The minimum atomic E-state index is -4.71. The quantitative estimate of drug-likeness (QED) is 0.902. The molecule has 1 atom stereocenters. The van der Waals surface area contributed by atoms with Crippen molar-refractivity contribution in [1.82, 2.24) is 0 Å². The summed E-state index contributed by atoms with van der Waals surface area (Å²) in [6.07, 6.45) is -4.22. The third-order valence-corrected chi connectivity index (χ3v) is 3.14. The van der Waals surface area contributed by atoms with E-state index in [1.165, 1.54) is 18.2 Å². The highest BCUT2D eigenvalue weighted by molar-refractivity contribution is 6.30. The molecule has 0 aliphatic rings. The summed E-state index contributed by atoms with van der Waals surface area (Å²) in [5.41, 5.74) is 7.56. The minimum Gasteiger partial charge on any atom is -0.406 e. The summed E-state index contributed by atoms with van der Waals surface area (Å²) >= 11 is 5.79. The zero-order valence-electron chi connectivity index (χ0n) is 10.9. The molecular formula is C15H13ClF3NO. The largest absolute Gasteiger partial charge is 0.573 e. The van der Waals surface area contributed by atoms with Crippen molar-refractivity contribution in [2.24, 2.45) is 5.73 Å². The molecule has 0 saturated carbocycles. The number of hydrogen-bond acceptors (Lipinski definition) is 2. The molecule has 0 fully saturated rings. The Hall–Kier alpha value is -1.72. The number of nitrogens with two attached hydrogens (primary N) is 1. The lowest BCUT2D eigenvalue weighted by Crippen LogP contribution is -2.18. The third kappa shape index (κ3) is 4.95. The van der Waals surface area contributed by atoms with Crippen molar-refractivity contribution >= 4 is 11.6 Å². The Morgan fingerprint density at radius 1 is 1.10 bits per heavy atom. The van der Waals surface area contributed by atoms with Crippen molar-refractivity contribution in [3.05, 3.63) is 64.7 Å². The van der Waals surface area contributed by atoms with Gasteiger partial charge in [0.1, 0.15) is 5.75 Å². The van der Waals surface area contributed by atoms with Gasteiger partial charge in [0.05, 0.1) is 0 Å². The van der Waals surface area contributed by atoms with Crippen LogP contribution in [0.5, 0.6) is 5.75 Å². The van der Waals surface area contributed by atoms with Gasteiger partial charge in [-0.05, 0) is 41.8 Å². The highest BCUT2D eigenvalue weighted by atomic mass is 35.5. The Morgan fingerprint density at radius 2 is 1.76 bits per heavy atom. The van der Waals surface area contributed by atoms with Crippen molar-refractivity contribution < 1.29 is 17.9 Å². The van der Waals surface area contributed by atoms with Gasteiger partial charge in [0, 0.05) is 11.1 Å². The van der Waals surface area contributed by atoms with E-state index in [0.717, 1.165) is 5.56 Å².